The van der Waals surface area contributed by atoms with Crippen LogP contribution in [0.5, 0.6) is 5.88 Å². The van der Waals surface area contributed by atoms with Crippen LogP contribution < -0.4 is 21.9 Å². The molecule has 6 rings (SSSR count). The lowest BCUT2D eigenvalue weighted by atomic mass is 10.0. The number of rotatable bonds is 22. The third-order valence-corrected chi connectivity index (χ3v) is 11.1. The van der Waals surface area contributed by atoms with Crippen LogP contribution >= 0.6 is 11.6 Å². The molecule has 2 amide bonds. The molecule has 0 spiro atoms. The Kier molecular flexibility index (Phi) is 15.9. The maximum atomic E-state index is 14.7. The summed E-state index contributed by atoms with van der Waals surface area (Å²) in [6.07, 6.45) is 17.1. The minimum atomic E-state index is -1.70. The molecule has 1 atom stereocenters. The molecule has 2 aromatic heterocycles. The lowest BCUT2D eigenvalue weighted by Crippen LogP contribution is -2.39. The quantitative estimate of drug-likeness (QED) is 0.0582. The van der Waals surface area contributed by atoms with Crippen LogP contribution in [0.2, 0.25) is 5.02 Å². The SMILES string of the molecule is CCCCCCCCCCCCCCCC(=O)Nc1cccc2c(=O)n(-c3ccccc3)c(C(C(=O)Nc3ccccc3Cl)n3c(O)cn(Cc4ccccc4)c3=O)nc12. The molecule has 0 aliphatic rings. The van der Waals surface area contributed by atoms with Crippen molar-refractivity contribution in [1.82, 2.24) is 18.7 Å². The minimum Gasteiger partial charge on any atom is -0.493 e. The zero-order chi connectivity index (χ0) is 42.3. The van der Waals surface area contributed by atoms with Gasteiger partial charge in [0.05, 0.1) is 40.2 Å². The van der Waals surface area contributed by atoms with E-state index in [2.05, 4.69) is 17.6 Å². The number of halogens is 1. The molecule has 314 valence electrons. The molecule has 0 radical (unpaired) electrons. The van der Waals surface area contributed by atoms with E-state index in [4.69, 9.17) is 16.6 Å². The Hall–Kier alpha value is -5.94. The van der Waals surface area contributed by atoms with Crippen molar-refractivity contribution in [3.63, 3.8) is 0 Å². The van der Waals surface area contributed by atoms with Gasteiger partial charge in [-0.3, -0.25) is 23.5 Å². The summed E-state index contributed by atoms with van der Waals surface area (Å²) in [5.41, 5.74) is 0.573. The fraction of sp³-hybridized carbons (Fsp3) is 0.354. The van der Waals surface area contributed by atoms with Gasteiger partial charge in [0.2, 0.25) is 11.8 Å². The van der Waals surface area contributed by atoms with Crippen LogP contribution in [0.25, 0.3) is 16.6 Å². The molecule has 1 unspecified atom stereocenters. The second-order valence-electron chi connectivity index (χ2n) is 15.3. The molecular weight excluding hydrogens is 776 g/mol. The van der Waals surface area contributed by atoms with E-state index in [-0.39, 0.29) is 45.6 Å². The van der Waals surface area contributed by atoms with E-state index in [1.807, 2.05) is 30.3 Å². The number of benzene rings is 4. The fourth-order valence-electron chi connectivity index (χ4n) is 7.60. The monoisotopic (exact) mass is 830 g/mol. The van der Waals surface area contributed by atoms with Crippen LogP contribution in [-0.2, 0) is 16.1 Å². The van der Waals surface area contributed by atoms with Gasteiger partial charge in [0.25, 0.3) is 11.5 Å². The molecule has 6 aromatic rings. The van der Waals surface area contributed by atoms with Gasteiger partial charge in [0, 0.05) is 6.42 Å². The van der Waals surface area contributed by atoms with E-state index in [1.54, 1.807) is 72.8 Å². The molecule has 0 aliphatic heterocycles. The number of anilines is 2. The van der Waals surface area contributed by atoms with Gasteiger partial charge in [-0.25, -0.2) is 14.3 Å². The Morgan fingerprint density at radius 3 is 1.93 bits per heavy atom. The third-order valence-electron chi connectivity index (χ3n) is 10.8. The number of aromatic nitrogens is 4. The molecule has 11 nitrogen and oxygen atoms in total. The Labute approximate surface area is 356 Å². The highest BCUT2D eigenvalue weighted by Gasteiger charge is 2.34. The second kappa shape index (κ2) is 21.9. The lowest BCUT2D eigenvalue weighted by molar-refractivity contribution is -0.118. The number of hydrogen-bond acceptors (Lipinski definition) is 6. The van der Waals surface area contributed by atoms with Crippen molar-refractivity contribution in [2.75, 3.05) is 10.6 Å². The number of aromatic hydroxyl groups is 1. The van der Waals surface area contributed by atoms with E-state index in [0.717, 1.165) is 35.8 Å². The molecular formula is C48H55ClN6O5. The van der Waals surface area contributed by atoms with Crippen LogP contribution in [0.3, 0.4) is 0 Å². The van der Waals surface area contributed by atoms with E-state index >= 15 is 0 Å². The number of amides is 2. The number of carbonyl (C=O) groups excluding carboxylic acids is 2. The van der Waals surface area contributed by atoms with Crippen LogP contribution in [0.1, 0.15) is 114 Å². The van der Waals surface area contributed by atoms with Crippen molar-refractivity contribution in [2.45, 2.75) is 109 Å². The molecule has 0 fully saturated rings. The highest BCUT2D eigenvalue weighted by Crippen LogP contribution is 2.30. The highest BCUT2D eigenvalue weighted by molar-refractivity contribution is 6.33. The summed E-state index contributed by atoms with van der Waals surface area (Å²) in [4.78, 5) is 62.0. The number of imidazole rings is 1. The average molecular weight is 831 g/mol. The third kappa shape index (κ3) is 11.2. The summed E-state index contributed by atoms with van der Waals surface area (Å²) in [6.45, 7) is 2.35. The van der Waals surface area contributed by atoms with Crippen molar-refractivity contribution in [3.05, 3.63) is 147 Å². The summed E-state index contributed by atoms with van der Waals surface area (Å²) in [5, 5.41) is 17.7. The van der Waals surface area contributed by atoms with Crippen molar-refractivity contribution in [3.8, 4) is 11.6 Å². The first kappa shape index (κ1) is 43.6. The first-order valence-electron chi connectivity index (χ1n) is 21.3. The van der Waals surface area contributed by atoms with Crippen LogP contribution in [0.15, 0.2) is 119 Å². The number of carbonyl (C=O) groups is 2. The standard InChI is InChI=1S/C48H55ClN6O5/c1-2-3-4-5-6-7-8-9-10-11-12-13-20-32-41(56)50-40-31-23-28-37-43(40)52-45(54(47(37)59)36-26-18-15-19-27-36)44(46(58)51-39-30-22-21-29-38(39)49)55-42(57)34-53(48(55)60)33-35-24-16-14-17-25-35/h14-19,21-31,34,44,57H,2-13,20,32-33H2,1H3,(H,50,56)(H,51,58). The van der Waals surface area contributed by atoms with Crippen molar-refractivity contribution in [1.29, 1.82) is 0 Å². The Morgan fingerprint density at radius 1 is 0.700 bits per heavy atom. The van der Waals surface area contributed by atoms with Gasteiger partial charge in [-0.05, 0) is 48.4 Å². The number of fused-ring (bicyclic) bond motifs is 1. The van der Waals surface area contributed by atoms with Gasteiger partial charge in [-0.15, -0.1) is 0 Å². The summed E-state index contributed by atoms with van der Waals surface area (Å²) >= 11 is 6.47. The lowest BCUT2D eigenvalue weighted by Gasteiger charge is -2.23. The van der Waals surface area contributed by atoms with Gasteiger partial charge in [-0.2, -0.15) is 0 Å². The average Bonchev–Trinajstić information content (AvgIpc) is 3.52. The summed E-state index contributed by atoms with van der Waals surface area (Å²) in [5.74, 6) is -1.71. The zero-order valence-corrected chi connectivity index (χ0v) is 35.1. The summed E-state index contributed by atoms with van der Waals surface area (Å²) < 4.78 is 3.46. The Bertz CT molecular complexity index is 2460. The zero-order valence-electron chi connectivity index (χ0n) is 34.3. The fourth-order valence-corrected chi connectivity index (χ4v) is 7.78. The maximum absolute atomic E-state index is 14.7. The van der Waals surface area contributed by atoms with Gasteiger partial charge in [0.15, 0.2) is 6.04 Å². The number of unbranched alkanes of at least 4 members (excludes halogenated alkanes) is 12. The first-order chi connectivity index (χ1) is 29.3. The predicted octanol–water partition coefficient (Wildman–Crippen LogP) is 10.4. The van der Waals surface area contributed by atoms with Gasteiger partial charge < -0.3 is 15.7 Å². The van der Waals surface area contributed by atoms with Crippen molar-refractivity contribution < 1.29 is 14.7 Å². The Morgan fingerprint density at radius 2 is 1.28 bits per heavy atom. The number of para-hydroxylation sites is 3. The van der Waals surface area contributed by atoms with Crippen LogP contribution in [0, 0.1) is 0 Å². The van der Waals surface area contributed by atoms with E-state index in [9.17, 15) is 24.3 Å². The number of nitrogens with zero attached hydrogens (tertiary/aromatic N) is 4. The number of nitrogens with one attached hydrogen (secondary N) is 2. The largest absolute Gasteiger partial charge is 0.493 e. The molecule has 0 saturated carbocycles. The minimum absolute atomic E-state index is 0.102. The Balaban J connectivity index is 1.30. The summed E-state index contributed by atoms with van der Waals surface area (Å²) in [6, 6.07) is 27.7. The smallest absolute Gasteiger partial charge is 0.332 e. The van der Waals surface area contributed by atoms with E-state index in [0.29, 0.717) is 12.1 Å². The summed E-state index contributed by atoms with van der Waals surface area (Å²) in [7, 11) is 0. The van der Waals surface area contributed by atoms with Gasteiger partial charge in [-0.1, -0.05) is 162 Å². The molecule has 3 N–H and O–H groups in total. The van der Waals surface area contributed by atoms with Crippen molar-refractivity contribution in [2.24, 2.45) is 0 Å². The second-order valence-corrected chi connectivity index (χ2v) is 15.7. The molecule has 2 heterocycles. The molecule has 0 bridgehead atoms. The van der Waals surface area contributed by atoms with Gasteiger partial charge in [0.1, 0.15) is 11.3 Å². The normalized spacial score (nSPS) is 11.8. The van der Waals surface area contributed by atoms with E-state index in [1.165, 1.54) is 73.1 Å². The molecule has 4 aromatic carbocycles. The molecule has 0 saturated heterocycles. The first-order valence-corrected chi connectivity index (χ1v) is 21.7. The van der Waals surface area contributed by atoms with Crippen molar-refractivity contribution >= 4 is 45.7 Å². The predicted molar refractivity (Wildman–Crippen MR) is 240 cm³/mol. The van der Waals surface area contributed by atoms with Gasteiger partial charge >= 0.3 is 5.69 Å². The van der Waals surface area contributed by atoms with Crippen LogP contribution in [-0.4, -0.2) is 35.6 Å². The van der Waals surface area contributed by atoms with Crippen LogP contribution in [0.4, 0.5) is 11.4 Å². The number of hydrogen-bond donors (Lipinski definition) is 3. The molecule has 0 aliphatic carbocycles. The maximum Gasteiger partial charge on any atom is 0.332 e. The highest BCUT2D eigenvalue weighted by atomic mass is 35.5. The topological polar surface area (TPSA) is 140 Å². The van der Waals surface area contributed by atoms with E-state index < -0.39 is 29.1 Å². The molecule has 12 heteroatoms. The molecule has 60 heavy (non-hydrogen) atoms.